The van der Waals surface area contributed by atoms with Crippen molar-refractivity contribution in [3.05, 3.63) is 35.9 Å². The van der Waals surface area contributed by atoms with E-state index in [-0.39, 0.29) is 17.9 Å². The number of nitriles is 1. The molecule has 2 rings (SSSR count). The number of nitrogens with one attached hydrogen (secondary N) is 1. The average molecular weight is 272 g/mol. The Balaban J connectivity index is 1.85. The van der Waals surface area contributed by atoms with E-state index in [0.29, 0.717) is 13.0 Å². The summed E-state index contributed by atoms with van der Waals surface area (Å²) in [6, 6.07) is 11.6. The molecule has 1 unspecified atom stereocenters. The van der Waals surface area contributed by atoms with Gasteiger partial charge in [0.15, 0.2) is 0 Å². The van der Waals surface area contributed by atoms with Crippen molar-refractivity contribution >= 4 is 5.91 Å². The van der Waals surface area contributed by atoms with Gasteiger partial charge in [-0.1, -0.05) is 30.3 Å². The molecule has 1 amide bonds. The monoisotopic (exact) mass is 272 g/mol. The summed E-state index contributed by atoms with van der Waals surface area (Å²) in [5.41, 5.74) is 1.07. The molecule has 4 nitrogen and oxygen atoms in total. The van der Waals surface area contributed by atoms with Gasteiger partial charge in [-0.3, -0.25) is 4.79 Å². The lowest BCUT2D eigenvalue weighted by molar-refractivity contribution is -0.123. The molecule has 2 N–H and O–H groups in total. The third-order valence-electron chi connectivity index (χ3n) is 3.99. The van der Waals surface area contributed by atoms with E-state index in [2.05, 4.69) is 11.4 Å². The Kier molecular flexibility index (Phi) is 4.75. The van der Waals surface area contributed by atoms with Crippen LogP contribution in [0, 0.1) is 22.7 Å². The fourth-order valence-electron chi connectivity index (χ4n) is 2.37. The third-order valence-corrected chi connectivity index (χ3v) is 3.99. The zero-order valence-electron chi connectivity index (χ0n) is 11.5. The summed E-state index contributed by atoms with van der Waals surface area (Å²) in [5.74, 6) is -0.858. The van der Waals surface area contributed by atoms with Gasteiger partial charge < -0.3 is 10.4 Å². The molecule has 1 aromatic carbocycles. The molecule has 1 aliphatic carbocycles. The fraction of sp³-hybridized carbons (Fsp3) is 0.500. The van der Waals surface area contributed by atoms with E-state index in [0.717, 1.165) is 24.8 Å². The molecule has 106 valence electrons. The molecule has 1 fully saturated rings. The van der Waals surface area contributed by atoms with Crippen molar-refractivity contribution < 1.29 is 9.90 Å². The van der Waals surface area contributed by atoms with E-state index in [1.54, 1.807) is 0 Å². The number of benzene rings is 1. The minimum Gasteiger partial charge on any atom is -0.396 e. The Labute approximate surface area is 119 Å². The Bertz CT molecular complexity index is 489. The molecule has 0 heterocycles. The number of hydrogen-bond donors (Lipinski definition) is 2. The first kappa shape index (κ1) is 14.5. The van der Waals surface area contributed by atoms with E-state index in [1.165, 1.54) is 0 Å². The highest BCUT2D eigenvalue weighted by Crippen LogP contribution is 2.47. The van der Waals surface area contributed by atoms with Crippen molar-refractivity contribution in [1.82, 2.24) is 5.32 Å². The molecule has 1 aromatic rings. The zero-order valence-corrected chi connectivity index (χ0v) is 11.5. The van der Waals surface area contributed by atoms with Crippen LogP contribution in [0.15, 0.2) is 30.3 Å². The van der Waals surface area contributed by atoms with Gasteiger partial charge in [-0.2, -0.15) is 5.26 Å². The number of rotatable bonds is 7. The lowest BCUT2D eigenvalue weighted by Crippen LogP contribution is -2.35. The van der Waals surface area contributed by atoms with Crippen LogP contribution in [0.3, 0.4) is 0 Å². The van der Waals surface area contributed by atoms with Gasteiger partial charge in [0.05, 0.1) is 6.07 Å². The van der Waals surface area contributed by atoms with Crippen LogP contribution in [0.4, 0.5) is 0 Å². The van der Waals surface area contributed by atoms with Gasteiger partial charge in [0, 0.05) is 13.2 Å². The smallest absolute Gasteiger partial charge is 0.237 e. The number of hydrogen-bond acceptors (Lipinski definition) is 3. The highest BCUT2D eigenvalue weighted by molar-refractivity contribution is 5.81. The number of amides is 1. The predicted molar refractivity (Wildman–Crippen MR) is 75.6 cm³/mol. The van der Waals surface area contributed by atoms with Crippen LogP contribution in [0.1, 0.15) is 24.8 Å². The third kappa shape index (κ3) is 3.82. The average Bonchev–Trinajstić information content (AvgIpc) is 3.24. The lowest BCUT2D eigenvalue weighted by atomic mass is 9.98. The second kappa shape index (κ2) is 6.53. The van der Waals surface area contributed by atoms with Crippen molar-refractivity contribution in [3.63, 3.8) is 0 Å². The number of aliphatic hydroxyl groups is 1. The Morgan fingerprint density at radius 2 is 2.10 bits per heavy atom. The summed E-state index contributed by atoms with van der Waals surface area (Å²) in [6.45, 7) is 0.723. The highest BCUT2D eigenvalue weighted by Gasteiger charge is 2.42. The molecule has 0 saturated heterocycles. The minimum atomic E-state index is -0.651. The number of carbonyl (C=O) groups is 1. The van der Waals surface area contributed by atoms with E-state index < -0.39 is 5.92 Å². The van der Waals surface area contributed by atoms with Crippen LogP contribution in [0.5, 0.6) is 0 Å². The zero-order chi connectivity index (χ0) is 14.4. The summed E-state index contributed by atoms with van der Waals surface area (Å²) >= 11 is 0. The number of carbonyl (C=O) groups excluding carboxylic acids is 1. The van der Waals surface area contributed by atoms with Crippen LogP contribution < -0.4 is 5.32 Å². The van der Waals surface area contributed by atoms with E-state index in [4.69, 9.17) is 10.4 Å². The molecule has 0 spiro atoms. The van der Waals surface area contributed by atoms with Crippen LogP contribution in [0.25, 0.3) is 0 Å². The molecule has 0 aromatic heterocycles. The van der Waals surface area contributed by atoms with Crippen molar-refractivity contribution in [2.24, 2.45) is 11.3 Å². The van der Waals surface area contributed by atoms with Gasteiger partial charge in [0.25, 0.3) is 0 Å². The molecule has 0 radical (unpaired) electrons. The molecular formula is C16H20N2O2. The van der Waals surface area contributed by atoms with E-state index in [9.17, 15) is 4.79 Å². The Hall–Kier alpha value is -1.86. The molecule has 1 saturated carbocycles. The summed E-state index contributed by atoms with van der Waals surface area (Å²) in [4.78, 5) is 12.1. The van der Waals surface area contributed by atoms with Gasteiger partial charge in [-0.25, -0.2) is 0 Å². The van der Waals surface area contributed by atoms with Crippen LogP contribution in [0.2, 0.25) is 0 Å². The molecule has 4 heteroatoms. The Morgan fingerprint density at radius 3 is 2.65 bits per heavy atom. The normalized spacial score (nSPS) is 17.0. The summed E-state index contributed by atoms with van der Waals surface area (Å²) in [5, 5.41) is 21.0. The maximum Gasteiger partial charge on any atom is 0.237 e. The predicted octanol–water partition coefficient (Wildman–Crippen LogP) is 1.65. The SMILES string of the molecule is N#CC(Cc1ccccc1)C(=O)NCC1(CCO)CC1. The van der Waals surface area contributed by atoms with Crippen molar-refractivity contribution in [2.75, 3.05) is 13.2 Å². The van der Waals surface area contributed by atoms with E-state index in [1.807, 2.05) is 30.3 Å². The van der Waals surface area contributed by atoms with Gasteiger partial charge in [0.2, 0.25) is 5.91 Å². The topological polar surface area (TPSA) is 73.1 Å². The number of aliphatic hydroxyl groups excluding tert-OH is 1. The molecule has 1 aliphatic rings. The highest BCUT2D eigenvalue weighted by atomic mass is 16.3. The van der Waals surface area contributed by atoms with E-state index >= 15 is 0 Å². The van der Waals surface area contributed by atoms with Gasteiger partial charge in [-0.15, -0.1) is 0 Å². The second-order valence-corrected chi connectivity index (χ2v) is 5.56. The maximum atomic E-state index is 12.1. The van der Waals surface area contributed by atoms with Crippen molar-refractivity contribution in [1.29, 1.82) is 5.26 Å². The van der Waals surface area contributed by atoms with Gasteiger partial charge in [0.1, 0.15) is 5.92 Å². The summed E-state index contributed by atoms with van der Waals surface area (Å²) in [7, 11) is 0. The molecule has 1 atom stereocenters. The first-order valence-electron chi connectivity index (χ1n) is 7.01. The molecule has 20 heavy (non-hydrogen) atoms. The molecule has 0 bridgehead atoms. The first-order valence-corrected chi connectivity index (χ1v) is 7.01. The second-order valence-electron chi connectivity index (χ2n) is 5.56. The van der Waals surface area contributed by atoms with Crippen LogP contribution in [-0.4, -0.2) is 24.2 Å². The standard InChI is InChI=1S/C16H20N2O2/c17-11-14(10-13-4-2-1-3-5-13)15(20)18-12-16(6-7-16)8-9-19/h1-5,14,19H,6-10,12H2,(H,18,20). The summed E-state index contributed by atoms with van der Waals surface area (Å²) < 4.78 is 0. The minimum absolute atomic E-state index is 0.0805. The van der Waals surface area contributed by atoms with Gasteiger partial charge in [-0.05, 0) is 36.7 Å². The number of nitrogens with zero attached hydrogens (tertiary/aromatic N) is 1. The largest absolute Gasteiger partial charge is 0.396 e. The maximum absolute atomic E-state index is 12.1. The van der Waals surface area contributed by atoms with Gasteiger partial charge >= 0.3 is 0 Å². The van der Waals surface area contributed by atoms with Crippen molar-refractivity contribution in [2.45, 2.75) is 25.7 Å². The van der Waals surface area contributed by atoms with Crippen LogP contribution in [-0.2, 0) is 11.2 Å². The van der Waals surface area contributed by atoms with Crippen LogP contribution >= 0.6 is 0 Å². The lowest BCUT2D eigenvalue weighted by Gasteiger charge is -2.16. The fourth-order valence-corrected chi connectivity index (χ4v) is 2.37. The molecule has 0 aliphatic heterocycles. The summed E-state index contributed by atoms with van der Waals surface area (Å²) in [6.07, 6.45) is 3.26. The quantitative estimate of drug-likeness (QED) is 0.792. The van der Waals surface area contributed by atoms with Crippen molar-refractivity contribution in [3.8, 4) is 6.07 Å². The first-order chi connectivity index (χ1) is 9.69. The Morgan fingerprint density at radius 1 is 1.40 bits per heavy atom. The molecular weight excluding hydrogens is 252 g/mol.